The van der Waals surface area contributed by atoms with E-state index < -0.39 is 6.10 Å². The minimum absolute atomic E-state index is 0.211. The Kier molecular flexibility index (Phi) is 2.57. The highest BCUT2D eigenvalue weighted by molar-refractivity contribution is 5.40. The molecule has 1 aromatic heterocycles. The average molecular weight is 180 g/mol. The first-order chi connectivity index (χ1) is 5.93. The summed E-state index contributed by atoms with van der Waals surface area (Å²) in [5.74, 6) is 0.407. The third kappa shape index (κ3) is 2.18. The predicted molar refractivity (Wildman–Crippen MR) is 53.1 cm³/mol. The summed E-state index contributed by atoms with van der Waals surface area (Å²) in [5.41, 5.74) is 6.14. The van der Waals surface area contributed by atoms with Crippen LogP contribution in [0, 0.1) is 5.41 Å². The summed E-state index contributed by atoms with van der Waals surface area (Å²) in [6.45, 7) is 5.89. The number of anilines is 1. The van der Waals surface area contributed by atoms with E-state index in [-0.39, 0.29) is 5.41 Å². The lowest BCUT2D eigenvalue weighted by molar-refractivity contribution is 0.0631. The Bertz CT molecular complexity index is 291. The van der Waals surface area contributed by atoms with E-state index in [2.05, 4.69) is 4.98 Å². The van der Waals surface area contributed by atoms with E-state index in [4.69, 9.17) is 5.73 Å². The Morgan fingerprint density at radius 2 is 2.08 bits per heavy atom. The minimum Gasteiger partial charge on any atom is -0.388 e. The van der Waals surface area contributed by atoms with Crippen molar-refractivity contribution in [3.05, 3.63) is 23.9 Å². The molecule has 0 aliphatic rings. The number of nitrogens with zero attached hydrogens (tertiary/aromatic N) is 1. The summed E-state index contributed by atoms with van der Waals surface area (Å²) in [7, 11) is 0. The number of pyridine rings is 1. The molecular weight excluding hydrogens is 164 g/mol. The van der Waals surface area contributed by atoms with E-state index >= 15 is 0 Å². The molecule has 0 radical (unpaired) electrons. The second-order valence-electron chi connectivity index (χ2n) is 4.25. The number of hydrogen-bond acceptors (Lipinski definition) is 3. The predicted octanol–water partition coefficient (Wildman–Crippen LogP) is 1.74. The molecule has 0 aliphatic carbocycles. The highest BCUT2D eigenvalue weighted by Crippen LogP contribution is 2.34. The lowest BCUT2D eigenvalue weighted by atomic mass is 9.85. The first-order valence-corrected chi connectivity index (χ1v) is 4.31. The van der Waals surface area contributed by atoms with Crippen LogP contribution in [-0.2, 0) is 0 Å². The normalized spacial score (nSPS) is 14.2. The third-order valence-corrected chi connectivity index (χ3v) is 1.99. The Morgan fingerprint density at radius 3 is 2.54 bits per heavy atom. The standard InChI is InChI=1S/C10H16N2O/c1-10(2,3)8(13)7-5-4-6-12-9(7)11/h4-6,8,13H,1-3H3,(H2,11,12). The second kappa shape index (κ2) is 3.34. The smallest absolute Gasteiger partial charge is 0.129 e. The molecule has 0 aliphatic heterocycles. The van der Waals surface area contributed by atoms with E-state index in [1.807, 2.05) is 20.8 Å². The van der Waals surface area contributed by atoms with Gasteiger partial charge >= 0.3 is 0 Å². The van der Waals surface area contributed by atoms with Crippen molar-refractivity contribution in [3.8, 4) is 0 Å². The summed E-state index contributed by atoms with van der Waals surface area (Å²) in [6, 6.07) is 3.58. The topological polar surface area (TPSA) is 59.1 Å². The van der Waals surface area contributed by atoms with Crippen LogP contribution in [0.5, 0.6) is 0 Å². The van der Waals surface area contributed by atoms with Crippen molar-refractivity contribution < 1.29 is 5.11 Å². The fourth-order valence-corrected chi connectivity index (χ4v) is 1.13. The Hall–Kier alpha value is -1.09. The molecule has 3 nitrogen and oxygen atoms in total. The number of nitrogen functional groups attached to an aromatic ring is 1. The number of hydrogen-bond donors (Lipinski definition) is 2. The summed E-state index contributed by atoms with van der Waals surface area (Å²) in [4.78, 5) is 3.93. The van der Waals surface area contributed by atoms with Gasteiger partial charge in [0.2, 0.25) is 0 Å². The van der Waals surface area contributed by atoms with Crippen LogP contribution in [0.15, 0.2) is 18.3 Å². The monoisotopic (exact) mass is 180 g/mol. The van der Waals surface area contributed by atoms with Crippen LogP contribution in [0.1, 0.15) is 32.4 Å². The van der Waals surface area contributed by atoms with Gasteiger partial charge in [-0.05, 0) is 11.5 Å². The van der Waals surface area contributed by atoms with Crippen molar-refractivity contribution in [1.29, 1.82) is 0 Å². The van der Waals surface area contributed by atoms with Gasteiger partial charge in [-0.1, -0.05) is 26.8 Å². The van der Waals surface area contributed by atoms with Gasteiger partial charge in [0.1, 0.15) is 5.82 Å². The zero-order valence-corrected chi connectivity index (χ0v) is 8.28. The highest BCUT2D eigenvalue weighted by Gasteiger charge is 2.25. The summed E-state index contributed by atoms with van der Waals surface area (Å²) < 4.78 is 0. The fraction of sp³-hybridized carbons (Fsp3) is 0.500. The van der Waals surface area contributed by atoms with Crippen molar-refractivity contribution >= 4 is 5.82 Å². The first kappa shape index (κ1) is 9.99. The molecule has 1 aromatic rings. The van der Waals surface area contributed by atoms with Crippen LogP contribution in [0.3, 0.4) is 0 Å². The maximum Gasteiger partial charge on any atom is 0.129 e. The highest BCUT2D eigenvalue weighted by atomic mass is 16.3. The summed E-state index contributed by atoms with van der Waals surface area (Å²) in [5, 5.41) is 9.92. The van der Waals surface area contributed by atoms with E-state index in [0.717, 1.165) is 0 Å². The quantitative estimate of drug-likeness (QED) is 0.692. The van der Waals surface area contributed by atoms with E-state index in [9.17, 15) is 5.11 Å². The molecule has 0 saturated heterocycles. The van der Waals surface area contributed by atoms with Crippen molar-refractivity contribution in [2.75, 3.05) is 5.73 Å². The van der Waals surface area contributed by atoms with Crippen LogP contribution >= 0.6 is 0 Å². The van der Waals surface area contributed by atoms with Gasteiger partial charge in [-0.2, -0.15) is 0 Å². The largest absolute Gasteiger partial charge is 0.388 e. The number of nitrogens with two attached hydrogens (primary N) is 1. The zero-order chi connectivity index (χ0) is 10.1. The lowest BCUT2D eigenvalue weighted by Crippen LogP contribution is -2.19. The molecule has 0 spiro atoms. The van der Waals surface area contributed by atoms with Crippen LogP contribution in [0.2, 0.25) is 0 Å². The van der Waals surface area contributed by atoms with Gasteiger partial charge in [0.05, 0.1) is 6.10 Å². The van der Waals surface area contributed by atoms with E-state index in [1.165, 1.54) is 0 Å². The van der Waals surface area contributed by atoms with E-state index in [0.29, 0.717) is 11.4 Å². The average Bonchev–Trinajstić information content (AvgIpc) is 2.02. The van der Waals surface area contributed by atoms with Gasteiger partial charge in [0.15, 0.2) is 0 Å². The van der Waals surface area contributed by atoms with Crippen LogP contribution in [0.4, 0.5) is 5.82 Å². The SMILES string of the molecule is CC(C)(C)C(O)c1cccnc1N. The van der Waals surface area contributed by atoms with Gasteiger partial charge in [0.25, 0.3) is 0 Å². The molecule has 1 heterocycles. The molecule has 3 heteroatoms. The Morgan fingerprint density at radius 1 is 1.46 bits per heavy atom. The summed E-state index contributed by atoms with van der Waals surface area (Å²) in [6.07, 6.45) is 1.05. The molecule has 0 saturated carbocycles. The number of aliphatic hydroxyl groups excluding tert-OH is 1. The van der Waals surface area contributed by atoms with Gasteiger partial charge in [-0.3, -0.25) is 0 Å². The lowest BCUT2D eigenvalue weighted by Gasteiger charge is -2.26. The first-order valence-electron chi connectivity index (χ1n) is 4.31. The summed E-state index contributed by atoms with van der Waals surface area (Å²) >= 11 is 0. The van der Waals surface area contributed by atoms with Crippen molar-refractivity contribution in [1.82, 2.24) is 4.98 Å². The Balaban J connectivity index is 3.02. The molecule has 13 heavy (non-hydrogen) atoms. The van der Waals surface area contributed by atoms with Crippen LogP contribution < -0.4 is 5.73 Å². The van der Waals surface area contributed by atoms with Crippen LogP contribution in [-0.4, -0.2) is 10.1 Å². The Labute approximate surface area is 78.6 Å². The molecule has 1 atom stereocenters. The van der Waals surface area contributed by atoms with Crippen molar-refractivity contribution in [2.45, 2.75) is 26.9 Å². The molecule has 3 N–H and O–H groups in total. The fourth-order valence-electron chi connectivity index (χ4n) is 1.13. The van der Waals surface area contributed by atoms with Gasteiger partial charge in [-0.25, -0.2) is 4.98 Å². The number of rotatable bonds is 1. The maximum atomic E-state index is 9.92. The third-order valence-electron chi connectivity index (χ3n) is 1.99. The van der Waals surface area contributed by atoms with E-state index in [1.54, 1.807) is 18.3 Å². The molecule has 1 rings (SSSR count). The molecule has 0 fully saturated rings. The minimum atomic E-state index is -0.568. The molecular formula is C10H16N2O. The number of aliphatic hydroxyl groups is 1. The van der Waals surface area contributed by atoms with Crippen molar-refractivity contribution in [2.24, 2.45) is 5.41 Å². The molecule has 72 valence electrons. The zero-order valence-electron chi connectivity index (χ0n) is 8.28. The van der Waals surface area contributed by atoms with Crippen molar-refractivity contribution in [3.63, 3.8) is 0 Å². The second-order valence-corrected chi connectivity index (χ2v) is 4.25. The maximum absolute atomic E-state index is 9.92. The number of aromatic nitrogens is 1. The van der Waals surface area contributed by atoms with Gasteiger partial charge in [-0.15, -0.1) is 0 Å². The van der Waals surface area contributed by atoms with Crippen LogP contribution in [0.25, 0.3) is 0 Å². The molecule has 0 aromatic carbocycles. The molecule has 0 bridgehead atoms. The van der Waals surface area contributed by atoms with Gasteiger partial charge < -0.3 is 10.8 Å². The molecule has 0 amide bonds. The van der Waals surface area contributed by atoms with Gasteiger partial charge in [0, 0.05) is 11.8 Å². The molecule has 1 unspecified atom stereocenters.